The van der Waals surface area contributed by atoms with Crippen molar-refractivity contribution >= 4 is 39.5 Å². The van der Waals surface area contributed by atoms with Crippen LogP contribution in [0.3, 0.4) is 0 Å². The highest BCUT2D eigenvalue weighted by Crippen LogP contribution is 2.33. The van der Waals surface area contributed by atoms with Crippen LogP contribution in [0.2, 0.25) is 0 Å². The molecule has 0 unspecified atom stereocenters. The number of nitrogens with zero attached hydrogens (tertiary/aromatic N) is 1. The molecule has 33 heavy (non-hydrogen) atoms. The molecule has 1 aromatic heterocycles. The highest BCUT2D eigenvalue weighted by molar-refractivity contribution is 7.92. The summed E-state index contributed by atoms with van der Waals surface area (Å²) in [5.41, 5.74) is 2.61. The second-order valence-electron chi connectivity index (χ2n) is 7.51. The maximum Gasteiger partial charge on any atom is 0.262 e. The standard InChI is InChI=1S/C23H23N3O6S/c1-14-4-5-17(6-8-20-23(24-16(3)27)15(2)25-32-20)12-22(14)33(28,29)26-18-7-9-19-21(13-18)31-11-10-30-19/h4-9,12-13,26H,10-11H2,1-3H3,(H,24,27)/b8-6-. The number of carbonyl (C=O) groups is 1. The average molecular weight is 470 g/mol. The summed E-state index contributed by atoms with van der Waals surface area (Å²) in [4.78, 5) is 11.6. The number of hydrogen-bond donors (Lipinski definition) is 2. The summed E-state index contributed by atoms with van der Waals surface area (Å²) in [7, 11) is -3.87. The molecule has 0 bridgehead atoms. The van der Waals surface area contributed by atoms with Gasteiger partial charge in [0.1, 0.15) is 24.6 Å². The number of nitrogens with one attached hydrogen (secondary N) is 2. The van der Waals surface area contributed by atoms with Crippen LogP contribution in [-0.4, -0.2) is 32.7 Å². The quantitative estimate of drug-likeness (QED) is 0.560. The van der Waals surface area contributed by atoms with Crippen molar-refractivity contribution in [2.45, 2.75) is 25.7 Å². The fourth-order valence-electron chi connectivity index (χ4n) is 3.33. The topological polar surface area (TPSA) is 120 Å². The fourth-order valence-corrected chi connectivity index (χ4v) is 4.66. The van der Waals surface area contributed by atoms with E-state index in [2.05, 4.69) is 15.2 Å². The van der Waals surface area contributed by atoms with Crippen molar-refractivity contribution in [1.29, 1.82) is 0 Å². The Hall–Kier alpha value is -3.79. The summed E-state index contributed by atoms with van der Waals surface area (Å²) in [5, 5.41) is 6.54. The maximum atomic E-state index is 13.1. The summed E-state index contributed by atoms with van der Waals surface area (Å²) in [6.45, 7) is 5.70. The van der Waals surface area contributed by atoms with E-state index in [0.717, 1.165) is 0 Å². The van der Waals surface area contributed by atoms with E-state index in [1.165, 1.54) is 6.92 Å². The molecule has 0 radical (unpaired) electrons. The van der Waals surface area contributed by atoms with Crippen LogP contribution in [0, 0.1) is 13.8 Å². The van der Waals surface area contributed by atoms with Crippen molar-refractivity contribution in [3.63, 3.8) is 0 Å². The molecule has 172 valence electrons. The predicted molar refractivity (Wildman–Crippen MR) is 124 cm³/mol. The minimum atomic E-state index is -3.87. The van der Waals surface area contributed by atoms with Crippen molar-refractivity contribution in [1.82, 2.24) is 5.16 Å². The number of hydrogen-bond acceptors (Lipinski definition) is 7. The molecular formula is C23H23N3O6S. The first kappa shape index (κ1) is 22.4. The molecule has 4 rings (SSSR count). The van der Waals surface area contributed by atoms with Crippen LogP contribution in [-0.2, 0) is 14.8 Å². The first-order valence-electron chi connectivity index (χ1n) is 10.2. The maximum absolute atomic E-state index is 13.1. The Morgan fingerprint density at radius 1 is 1.03 bits per heavy atom. The molecule has 0 fully saturated rings. The summed E-state index contributed by atoms with van der Waals surface area (Å²) in [6.07, 6.45) is 3.31. The van der Waals surface area contributed by atoms with E-state index < -0.39 is 10.0 Å². The van der Waals surface area contributed by atoms with Crippen LogP contribution in [0.4, 0.5) is 11.4 Å². The van der Waals surface area contributed by atoms with Crippen molar-refractivity contribution in [3.05, 3.63) is 59.0 Å². The fraction of sp³-hybridized carbons (Fsp3) is 0.217. The lowest BCUT2D eigenvalue weighted by Gasteiger charge is -2.19. The van der Waals surface area contributed by atoms with Crippen LogP contribution < -0.4 is 19.5 Å². The summed E-state index contributed by atoms with van der Waals surface area (Å²) in [5.74, 6) is 1.19. The number of benzene rings is 2. The largest absolute Gasteiger partial charge is 0.486 e. The number of aryl methyl sites for hydroxylation is 2. The van der Waals surface area contributed by atoms with Gasteiger partial charge >= 0.3 is 0 Å². The van der Waals surface area contributed by atoms with Gasteiger partial charge < -0.3 is 19.3 Å². The van der Waals surface area contributed by atoms with Gasteiger partial charge in [-0.2, -0.15) is 0 Å². The van der Waals surface area contributed by atoms with Gasteiger partial charge in [-0.1, -0.05) is 23.4 Å². The zero-order valence-corrected chi connectivity index (χ0v) is 19.2. The van der Waals surface area contributed by atoms with E-state index in [-0.39, 0.29) is 10.8 Å². The lowest BCUT2D eigenvalue weighted by atomic mass is 10.1. The van der Waals surface area contributed by atoms with Crippen LogP contribution in [0.5, 0.6) is 11.5 Å². The summed E-state index contributed by atoms with van der Waals surface area (Å²) in [6, 6.07) is 9.97. The number of sulfonamides is 1. The third kappa shape index (κ3) is 5.01. The van der Waals surface area contributed by atoms with Crippen LogP contribution in [0.25, 0.3) is 12.2 Å². The smallest absolute Gasteiger partial charge is 0.262 e. The van der Waals surface area contributed by atoms with Crippen LogP contribution >= 0.6 is 0 Å². The second kappa shape index (κ2) is 8.99. The van der Waals surface area contributed by atoms with E-state index in [1.807, 2.05) is 0 Å². The Morgan fingerprint density at radius 2 is 1.79 bits per heavy atom. The predicted octanol–water partition coefficient (Wildman–Crippen LogP) is 3.99. The van der Waals surface area contributed by atoms with E-state index in [1.54, 1.807) is 62.4 Å². The number of aromatic nitrogens is 1. The molecular weight excluding hydrogens is 446 g/mol. The third-order valence-corrected chi connectivity index (χ3v) is 6.44. The number of anilines is 2. The SMILES string of the molecule is CC(=O)Nc1c(C)noc1/C=C\c1ccc(C)c(S(=O)(=O)Nc2ccc3c(c2)OCCO3)c1. The molecule has 0 spiro atoms. The number of carbonyl (C=O) groups excluding carboxylic acids is 1. The molecule has 0 aliphatic carbocycles. The van der Waals surface area contributed by atoms with Gasteiger partial charge in [0.2, 0.25) is 5.91 Å². The van der Waals surface area contributed by atoms with E-state index in [9.17, 15) is 13.2 Å². The highest BCUT2D eigenvalue weighted by Gasteiger charge is 2.20. The molecule has 3 aromatic rings. The number of amides is 1. The van der Waals surface area contributed by atoms with Crippen LogP contribution in [0.15, 0.2) is 45.8 Å². The van der Waals surface area contributed by atoms with Gasteiger partial charge in [0.05, 0.1) is 10.6 Å². The third-order valence-electron chi connectivity index (χ3n) is 4.91. The zero-order chi connectivity index (χ0) is 23.6. The summed E-state index contributed by atoms with van der Waals surface area (Å²) < 4.78 is 45.1. The van der Waals surface area contributed by atoms with Gasteiger partial charge in [-0.05, 0) is 49.2 Å². The lowest BCUT2D eigenvalue weighted by Crippen LogP contribution is -2.17. The van der Waals surface area contributed by atoms with E-state index in [4.69, 9.17) is 14.0 Å². The summed E-state index contributed by atoms with van der Waals surface area (Å²) >= 11 is 0. The molecule has 1 amide bonds. The van der Waals surface area contributed by atoms with Gasteiger partial charge in [-0.25, -0.2) is 8.42 Å². The van der Waals surface area contributed by atoms with Crippen molar-refractivity contribution < 1.29 is 27.2 Å². The molecule has 0 saturated heterocycles. The van der Waals surface area contributed by atoms with E-state index in [0.29, 0.717) is 58.7 Å². The minimum Gasteiger partial charge on any atom is -0.486 e. The van der Waals surface area contributed by atoms with Gasteiger partial charge in [0.25, 0.3) is 10.0 Å². The molecule has 1 aliphatic rings. The monoisotopic (exact) mass is 469 g/mol. The van der Waals surface area contributed by atoms with Gasteiger partial charge in [-0.15, -0.1) is 0 Å². The Balaban J connectivity index is 1.59. The Bertz CT molecular complexity index is 1340. The molecule has 2 heterocycles. The first-order valence-corrected chi connectivity index (χ1v) is 11.7. The average Bonchev–Trinajstić information content (AvgIpc) is 3.11. The lowest BCUT2D eigenvalue weighted by molar-refractivity contribution is -0.114. The van der Waals surface area contributed by atoms with Crippen molar-refractivity contribution in [2.75, 3.05) is 23.3 Å². The number of fused-ring (bicyclic) bond motifs is 1. The molecule has 9 nitrogen and oxygen atoms in total. The molecule has 2 aromatic carbocycles. The highest BCUT2D eigenvalue weighted by atomic mass is 32.2. The molecule has 0 atom stereocenters. The molecule has 0 saturated carbocycles. The number of ether oxygens (including phenoxy) is 2. The van der Waals surface area contributed by atoms with Gasteiger partial charge in [0, 0.05) is 13.0 Å². The Morgan fingerprint density at radius 3 is 2.55 bits per heavy atom. The Labute approximate surface area is 191 Å². The van der Waals surface area contributed by atoms with Gasteiger partial charge in [0.15, 0.2) is 17.3 Å². The normalized spacial score (nSPS) is 13.2. The minimum absolute atomic E-state index is 0.135. The van der Waals surface area contributed by atoms with E-state index >= 15 is 0 Å². The zero-order valence-electron chi connectivity index (χ0n) is 18.3. The Kier molecular flexibility index (Phi) is 6.10. The van der Waals surface area contributed by atoms with Crippen molar-refractivity contribution in [3.8, 4) is 11.5 Å². The van der Waals surface area contributed by atoms with Crippen LogP contribution in [0.1, 0.15) is 29.5 Å². The second-order valence-corrected chi connectivity index (χ2v) is 9.16. The molecule has 2 N–H and O–H groups in total. The molecule has 10 heteroatoms. The first-order chi connectivity index (χ1) is 15.7. The number of rotatable bonds is 6. The van der Waals surface area contributed by atoms with Crippen molar-refractivity contribution in [2.24, 2.45) is 0 Å². The molecule has 1 aliphatic heterocycles. The van der Waals surface area contributed by atoms with Gasteiger partial charge in [-0.3, -0.25) is 9.52 Å².